The van der Waals surface area contributed by atoms with Crippen LogP contribution < -0.4 is 9.62 Å². The molecule has 0 radical (unpaired) electrons. The third-order valence-electron chi connectivity index (χ3n) is 3.85. The summed E-state index contributed by atoms with van der Waals surface area (Å²) < 4.78 is 25.9. The molecule has 0 heterocycles. The van der Waals surface area contributed by atoms with E-state index in [-0.39, 0.29) is 6.42 Å². The van der Waals surface area contributed by atoms with E-state index in [9.17, 15) is 13.2 Å². The molecular weight excluding hydrogens is 395 g/mol. The second-order valence-corrected chi connectivity index (χ2v) is 8.62. The van der Waals surface area contributed by atoms with Crippen LogP contribution in [-0.4, -0.2) is 26.6 Å². The van der Waals surface area contributed by atoms with Crippen LogP contribution in [0.25, 0.3) is 0 Å². The molecule has 2 aromatic carbocycles. The van der Waals surface area contributed by atoms with E-state index in [1.54, 1.807) is 49.4 Å². The van der Waals surface area contributed by atoms with Gasteiger partial charge in [0.15, 0.2) is 0 Å². The summed E-state index contributed by atoms with van der Waals surface area (Å²) in [6, 6.07) is 10.6. The normalized spacial score (nSPS) is 12.5. The Balaban J connectivity index is 2.39. The van der Waals surface area contributed by atoms with Gasteiger partial charge >= 0.3 is 0 Å². The highest BCUT2D eigenvalue weighted by Crippen LogP contribution is 2.28. The topological polar surface area (TPSA) is 66.5 Å². The monoisotopic (exact) mass is 414 g/mol. The van der Waals surface area contributed by atoms with Gasteiger partial charge in [0, 0.05) is 15.7 Å². The van der Waals surface area contributed by atoms with Crippen molar-refractivity contribution < 1.29 is 13.2 Å². The molecule has 2 aromatic rings. The number of carbonyl (C=O) groups excluding carboxylic acids is 1. The highest BCUT2D eigenvalue weighted by molar-refractivity contribution is 7.92. The van der Waals surface area contributed by atoms with Gasteiger partial charge in [-0.25, -0.2) is 8.42 Å². The van der Waals surface area contributed by atoms with Crippen LogP contribution in [-0.2, 0) is 14.8 Å². The summed E-state index contributed by atoms with van der Waals surface area (Å²) in [6.45, 7) is 3.57. The molecule has 0 aliphatic rings. The lowest BCUT2D eigenvalue weighted by atomic mass is 10.1. The number of carbonyl (C=O) groups is 1. The predicted molar refractivity (Wildman–Crippen MR) is 108 cm³/mol. The standard InChI is InChI=1S/C18H20Cl2N2O3S/c1-4-17(18(23)21-14-8-6-13(19)7-9-14)22(26(3,24)25)15-10-5-12(2)16(20)11-15/h5-11,17H,4H2,1-3H3,(H,21,23)/t17-/m0/s1. The van der Waals surface area contributed by atoms with Crippen LogP contribution in [0.15, 0.2) is 42.5 Å². The van der Waals surface area contributed by atoms with Crippen molar-refractivity contribution in [1.82, 2.24) is 0 Å². The lowest BCUT2D eigenvalue weighted by molar-refractivity contribution is -0.117. The van der Waals surface area contributed by atoms with Gasteiger partial charge in [-0.15, -0.1) is 0 Å². The molecule has 5 nitrogen and oxygen atoms in total. The van der Waals surface area contributed by atoms with Crippen molar-refractivity contribution in [1.29, 1.82) is 0 Å². The Morgan fingerprint density at radius 2 is 1.77 bits per heavy atom. The summed E-state index contributed by atoms with van der Waals surface area (Å²) in [6.07, 6.45) is 1.36. The van der Waals surface area contributed by atoms with Gasteiger partial charge in [0.05, 0.1) is 11.9 Å². The van der Waals surface area contributed by atoms with Crippen LogP contribution in [0.5, 0.6) is 0 Å². The molecule has 0 aliphatic heterocycles. The predicted octanol–water partition coefficient (Wildman–Crippen LogP) is 4.49. The number of amides is 1. The fourth-order valence-corrected chi connectivity index (χ4v) is 4.04. The van der Waals surface area contributed by atoms with Gasteiger partial charge in [-0.05, 0) is 55.3 Å². The Morgan fingerprint density at radius 1 is 1.15 bits per heavy atom. The molecule has 26 heavy (non-hydrogen) atoms. The fourth-order valence-electron chi connectivity index (χ4n) is 2.54. The first-order valence-electron chi connectivity index (χ1n) is 7.95. The molecule has 2 rings (SSSR count). The summed E-state index contributed by atoms with van der Waals surface area (Å²) in [5.74, 6) is -0.433. The molecule has 0 spiro atoms. The van der Waals surface area contributed by atoms with E-state index in [0.29, 0.717) is 21.4 Å². The van der Waals surface area contributed by atoms with Gasteiger partial charge in [-0.1, -0.05) is 36.2 Å². The Hall–Kier alpha value is -1.76. The van der Waals surface area contributed by atoms with E-state index in [1.165, 1.54) is 0 Å². The quantitative estimate of drug-likeness (QED) is 0.756. The minimum atomic E-state index is -3.71. The number of hydrogen-bond acceptors (Lipinski definition) is 3. The van der Waals surface area contributed by atoms with Crippen LogP contribution in [0, 0.1) is 6.92 Å². The molecule has 0 aromatic heterocycles. The number of anilines is 2. The molecule has 1 amide bonds. The molecule has 0 saturated carbocycles. The summed E-state index contributed by atoms with van der Waals surface area (Å²) in [7, 11) is -3.71. The van der Waals surface area contributed by atoms with Gasteiger partial charge in [0.25, 0.3) is 0 Å². The highest BCUT2D eigenvalue weighted by Gasteiger charge is 2.31. The molecule has 0 bridgehead atoms. The largest absolute Gasteiger partial charge is 0.324 e. The zero-order valence-corrected chi connectivity index (χ0v) is 17.0. The second kappa shape index (κ2) is 8.29. The molecule has 0 unspecified atom stereocenters. The number of nitrogens with zero attached hydrogens (tertiary/aromatic N) is 1. The van der Waals surface area contributed by atoms with E-state index < -0.39 is 22.0 Å². The van der Waals surface area contributed by atoms with Gasteiger partial charge in [-0.2, -0.15) is 0 Å². The maximum absolute atomic E-state index is 12.8. The van der Waals surface area contributed by atoms with Crippen LogP contribution in [0.3, 0.4) is 0 Å². The first-order chi connectivity index (χ1) is 12.1. The van der Waals surface area contributed by atoms with Crippen LogP contribution in [0.1, 0.15) is 18.9 Å². The lowest BCUT2D eigenvalue weighted by Gasteiger charge is -2.30. The third-order valence-corrected chi connectivity index (χ3v) is 5.69. The smallest absolute Gasteiger partial charge is 0.248 e. The molecule has 0 aliphatic carbocycles. The number of nitrogens with one attached hydrogen (secondary N) is 1. The number of aryl methyl sites for hydroxylation is 1. The molecular formula is C18H20Cl2N2O3S. The number of hydrogen-bond donors (Lipinski definition) is 1. The molecule has 140 valence electrons. The van der Waals surface area contributed by atoms with Gasteiger partial charge in [-0.3, -0.25) is 9.10 Å². The first kappa shape index (κ1) is 20.6. The van der Waals surface area contributed by atoms with Gasteiger partial charge in [0.1, 0.15) is 6.04 Å². The summed E-state index contributed by atoms with van der Waals surface area (Å²) >= 11 is 12.0. The van der Waals surface area contributed by atoms with Crippen molar-refractivity contribution in [3.8, 4) is 0 Å². The molecule has 1 N–H and O–H groups in total. The fraction of sp³-hybridized carbons (Fsp3) is 0.278. The number of halogens is 2. The Labute approximate surface area is 164 Å². The average molecular weight is 415 g/mol. The molecule has 1 atom stereocenters. The minimum absolute atomic E-state index is 0.290. The maximum atomic E-state index is 12.8. The number of sulfonamides is 1. The minimum Gasteiger partial charge on any atom is -0.324 e. The van der Waals surface area contributed by atoms with E-state index in [1.807, 2.05) is 6.92 Å². The van der Waals surface area contributed by atoms with Crippen LogP contribution in [0.4, 0.5) is 11.4 Å². The number of benzene rings is 2. The summed E-state index contributed by atoms with van der Waals surface area (Å²) in [5.41, 5.74) is 1.71. The van der Waals surface area contributed by atoms with Crippen molar-refractivity contribution in [2.45, 2.75) is 26.3 Å². The second-order valence-electron chi connectivity index (χ2n) is 5.91. The Morgan fingerprint density at radius 3 is 2.27 bits per heavy atom. The van der Waals surface area contributed by atoms with Gasteiger partial charge < -0.3 is 5.32 Å². The van der Waals surface area contributed by atoms with E-state index in [0.717, 1.165) is 16.1 Å². The lowest BCUT2D eigenvalue weighted by Crippen LogP contribution is -2.47. The molecule has 0 fully saturated rings. The zero-order valence-electron chi connectivity index (χ0n) is 14.7. The first-order valence-corrected chi connectivity index (χ1v) is 10.6. The molecule has 8 heteroatoms. The number of rotatable bonds is 6. The molecule has 0 saturated heterocycles. The Kier molecular flexibility index (Phi) is 6.55. The SMILES string of the molecule is CC[C@@H](C(=O)Nc1ccc(Cl)cc1)N(c1ccc(C)c(Cl)c1)S(C)(=O)=O. The van der Waals surface area contributed by atoms with E-state index >= 15 is 0 Å². The van der Waals surface area contributed by atoms with Crippen LogP contribution in [0.2, 0.25) is 10.0 Å². The van der Waals surface area contributed by atoms with Crippen molar-refractivity contribution in [2.24, 2.45) is 0 Å². The van der Waals surface area contributed by atoms with E-state index in [2.05, 4.69) is 5.32 Å². The summed E-state index contributed by atoms with van der Waals surface area (Å²) in [4.78, 5) is 12.8. The Bertz CT molecular complexity index is 899. The van der Waals surface area contributed by atoms with Crippen molar-refractivity contribution in [3.63, 3.8) is 0 Å². The van der Waals surface area contributed by atoms with Crippen LogP contribution >= 0.6 is 23.2 Å². The average Bonchev–Trinajstić information content (AvgIpc) is 2.56. The van der Waals surface area contributed by atoms with Crippen molar-refractivity contribution in [2.75, 3.05) is 15.9 Å². The highest BCUT2D eigenvalue weighted by atomic mass is 35.5. The van der Waals surface area contributed by atoms with Crippen molar-refractivity contribution in [3.05, 3.63) is 58.1 Å². The third kappa shape index (κ3) is 4.90. The van der Waals surface area contributed by atoms with E-state index in [4.69, 9.17) is 23.2 Å². The summed E-state index contributed by atoms with van der Waals surface area (Å²) in [5, 5.41) is 3.71. The van der Waals surface area contributed by atoms with Gasteiger partial charge in [0.2, 0.25) is 15.9 Å². The maximum Gasteiger partial charge on any atom is 0.248 e. The van der Waals surface area contributed by atoms with Crippen molar-refractivity contribution >= 4 is 50.5 Å². The zero-order chi connectivity index (χ0) is 19.5.